The van der Waals surface area contributed by atoms with Crippen molar-refractivity contribution in [3.63, 3.8) is 0 Å². The first-order valence-corrected chi connectivity index (χ1v) is 8.24. The Hall–Kier alpha value is -2.44. The van der Waals surface area contributed by atoms with Crippen LogP contribution >= 0.6 is 11.8 Å². The number of esters is 1. The maximum absolute atomic E-state index is 12.3. The second kappa shape index (κ2) is 5.98. The van der Waals surface area contributed by atoms with E-state index in [1.54, 1.807) is 18.7 Å². The van der Waals surface area contributed by atoms with Crippen LogP contribution in [0.3, 0.4) is 0 Å². The second-order valence-electron chi connectivity index (χ2n) is 5.44. The quantitative estimate of drug-likeness (QED) is 0.469. The monoisotopic (exact) mass is 320 g/mol. The highest BCUT2D eigenvalue weighted by Gasteiger charge is 2.41. The summed E-state index contributed by atoms with van der Waals surface area (Å²) in [6.45, 7) is 5.29. The molecule has 0 aliphatic carbocycles. The lowest BCUT2D eigenvalue weighted by Gasteiger charge is -2.30. The van der Waals surface area contributed by atoms with E-state index in [4.69, 9.17) is 11.2 Å². The molecule has 1 aliphatic heterocycles. The van der Waals surface area contributed by atoms with E-state index in [2.05, 4.69) is 12.5 Å². The van der Waals surface area contributed by atoms with Crippen LogP contribution in [0.5, 0.6) is 0 Å². The van der Waals surface area contributed by atoms with E-state index in [1.165, 1.54) is 0 Å². The van der Waals surface area contributed by atoms with Gasteiger partial charge in [-0.3, -0.25) is 0 Å². The van der Waals surface area contributed by atoms with Crippen LogP contribution in [0.15, 0.2) is 65.6 Å². The molecule has 114 valence electrons. The molecule has 0 fully saturated rings. The van der Waals surface area contributed by atoms with Crippen molar-refractivity contribution in [1.82, 2.24) is 0 Å². The van der Waals surface area contributed by atoms with Gasteiger partial charge in [-0.05, 0) is 24.5 Å². The first-order valence-electron chi connectivity index (χ1n) is 7.26. The molecule has 23 heavy (non-hydrogen) atoms. The molecule has 1 atom stereocenters. The van der Waals surface area contributed by atoms with E-state index in [-0.39, 0.29) is 0 Å². The summed E-state index contributed by atoms with van der Waals surface area (Å²) in [5, 5.41) is 0. The third-order valence-electron chi connectivity index (χ3n) is 3.84. The number of carbonyl (C=O) groups excluding carboxylic acids is 1. The molecule has 2 aromatic rings. The minimum Gasteiger partial charge on any atom is -0.434 e. The van der Waals surface area contributed by atoms with Crippen molar-refractivity contribution >= 4 is 17.7 Å². The third-order valence-corrected chi connectivity index (χ3v) is 4.97. The minimum absolute atomic E-state index is 0.325. The zero-order valence-electron chi connectivity index (χ0n) is 12.8. The van der Waals surface area contributed by atoms with Gasteiger partial charge in [-0.1, -0.05) is 49.0 Å². The molecule has 3 rings (SSSR count). The normalized spacial score (nSPS) is 18.8. The molecule has 2 nitrogen and oxygen atoms in total. The molecule has 0 N–H and O–H groups in total. The first kappa shape index (κ1) is 15.5. The Bertz CT molecular complexity index is 782. The van der Waals surface area contributed by atoms with Crippen LogP contribution in [0.2, 0.25) is 0 Å². The zero-order valence-corrected chi connectivity index (χ0v) is 13.7. The summed E-state index contributed by atoms with van der Waals surface area (Å²) in [6.07, 6.45) is 5.92. The number of ether oxygens (including phenoxy) is 1. The minimum atomic E-state index is -1.23. The summed E-state index contributed by atoms with van der Waals surface area (Å²) in [6, 6.07) is 15.6. The molecule has 0 saturated heterocycles. The molecule has 0 amide bonds. The zero-order chi connectivity index (χ0) is 16.4. The van der Waals surface area contributed by atoms with Crippen molar-refractivity contribution in [2.24, 2.45) is 0 Å². The van der Waals surface area contributed by atoms with Crippen molar-refractivity contribution < 1.29 is 9.53 Å². The standard InChI is InChI=1S/C20H16O2S/c1-4-20(22-19(21)14(2)3)16-10-6-5-9-15(16)13-23-18-12-8-7-11-17(18)20/h1,5-12H,2,13H2,3H3. The fourth-order valence-electron chi connectivity index (χ4n) is 2.69. The molecule has 0 radical (unpaired) electrons. The molecule has 3 heteroatoms. The summed E-state index contributed by atoms with van der Waals surface area (Å²) in [5.41, 5.74) is 1.83. The van der Waals surface area contributed by atoms with Gasteiger partial charge in [0.1, 0.15) is 0 Å². The largest absolute Gasteiger partial charge is 0.434 e. The number of hydrogen-bond acceptors (Lipinski definition) is 3. The Balaban J connectivity index is 2.29. The molecule has 0 spiro atoms. The molecular formula is C20H16O2S. The Morgan fingerprint density at radius 1 is 1.22 bits per heavy atom. The smallest absolute Gasteiger partial charge is 0.335 e. The van der Waals surface area contributed by atoms with Gasteiger partial charge in [-0.25, -0.2) is 4.79 Å². The number of thioether (sulfide) groups is 1. The van der Waals surface area contributed by atoms with Crippen LogP contribution in [0.4, 0.5) is 0 Å². The molecule has 1 heterocycles. The lowest BCUT2D eigenvalue weighted by Crippen LogP contribution is -2.33. The number of rotatable bonds is 2. The van der Waals surface area contributed by atoms with Crippen LogP contribution in [0.25, 0.3) is 0 Å². The number of carbonyl (C=O) groups is 1. The lowest BCUT2D eigenvalue weighted by atomic mass is 9.84. The highest BCUT2D eigenvalue weighted by Crippen LogP contribution is 2.45. The molecule has 1 aliphatic rings. The van der Waals surface area contributed by atoms with E-state index >= 15 is 0 Å². The van der Waals surface area contributed by atoms with Crippen LogP contribution in [-0.2, 0) is 20.9 Å². The third kappa shape index (κ3) is 2.56. The fourth-order valence-corrected chi connectivity index (χ4v) is 3.80. The van der Waals surface area contributed by atoms with Crippen molar-refractivity contribution in [3.8, 4) is 12.3 Å². The molecule has 0 bridgehead atoms. The fraction of sp³-hybridized carbons (Fsp3) is 0.150. The Morgan fingerprint density at radius 3 is 2.57 bits per heavy atom. The summed E-state index contributed by atoms with van der Waals surface area (Å²) in [7, 11) is 0. The summed E-state index contributed by atoms with van der Waals surface area (Å²) in [4.78, 5) is 13.3. The van der Waals surface area contributed by atoms with Gasteiger partial charge >= 0.3 is 5.97 Å². The van der Waals surface area contributed by atoms with Gasteiger partial charge in [0.2, 0.25) is 5.60 Å². The number of fused-ring (bicyclic) bond motifs is 2. The maximum Gasteiger partial charge on any atom is 0.335 e. The summed E-state index contributed by atoms with van der Waals surface area (Å²) >= 11 is 1.70. The van der Waals surface area contributed by atoms with Crippen molar-refractivity contribution in [3.05, 3.63) is 77.4 Å². The van der Waals surface area contributed by atoms with Crippen molar-refractivity contribution in [1.29, 1.82) is 0 Å². The average Bonchev–Trinajstić information content (AvgIpc) is 2.71. The highest BCUT2D eigenvalue weighted by atomic mass is 32.2. The number of benzene rings is 2. The van der Waals surface area contributed by atoms with Gasteiger partial charge in [0, 0.05) is 27.3 Å². The van der Waals surface area contributed by atoms with Crippen LogP contribution < -0.4 is 0 Å². The van der Waals surface area contributed by atoms with Gasteiger partial charge in [0.15, 0.2) is 0 Å². The molecular weight excluding hydrogens is 304 g/mol. The second-order valence-corrected chi connectivity index (χ2v) is 6.45. The first-order chi connectivity index (χ1) is 11.1. The highest BCUT2D eigenvalue weighted by molar-refractivity contribution is 7.98. The van der Waals surface area contributed by atoms with Crippen LogP contribution in [-0.4, -0.2) is 5.97 Å². The van der Waals surface area contributed by atoms with E-state index in [9.17, 15) is 4.79 Å². The van der Waals surface area contributed by atoms with Gasteiger partial charge in [-0.15, -0.1) is 18.2 Å². The van der Waals surface area contributed by atoms with Gasteiger partial charge < -0.3 is 4.74 Å². The predicted octanol–water partition coefficient (Wildman–Crippen LogP) is 4.29. The number of terminal acetylenes is 1. The van der Waals surface area contributed by atoms with E-state index in [1.807, 2.05) is 48.5 Å². The molecule has 0 aromatic heterocycles. The van der Waals surface area contributed by atoms with Gasteiger partial charge in [-0.2, -0.15) is 0 Å². The van der Waals surface area contributed by atoms with E-state index < -0.39 is 11.6 Å². The van der Waals surface area contributed by atoms with Gasteiger partial charge in [0.25, 0.3) is 0 Å². The predicted molar refractivity (Wildman–Crippen MR) is 93.0 cm³/mol. The van der Waals surface area contributed by atoms with Crippen LogP contribution in [0.1, 0.15) is 23.6 Å². The SMILES string of the molecule is C#CC1(OC(=O)C(=C)C)c2ccccc2CSc2ccccc21. The summed E-state index contributed by atoms with van der Waals surface area (Å²) in [5.74, 6) is 3.05. The van der Waals surface area contributed by atoms with Gasteiger partial charge in [0.05, 0.1) is 0 Å². The molecule has 1 unspecified atom stereocenters. The summed E-state index contributed by atoms with van der Waals surface area (Å²) < 4.78 is 5.83. The van der Waals surface area contributed by atoms with Crippen molar-refractivity contribution in [2.45, 2.75) is 23.2 Å². The Morgan fingerprint density at radius 2 is 1.87 bits per heavy atom. The Labute approximate surface area is 140 Å². The van der Waals surface area contributed by atoms with E-state index in [0.29, 0.717) is 5.57 Å². The maximum atomic E-state index is 12.3. The van der Waals surface area contributed by atoms with Crippen molar-refractivity contribution in [2.75, 3.05) is 0 Å². The lowest BCUT2D eigenvalue weighted by molar-refractivity contribution is -0.147. The van der Waals surface area contributed by atoms with E-state index in [0.717, 1.165) is 27.3 Å². The topological polar surface area (TPSA) is 26.3 Å². The average molecular weight is 320 g/mol. The Kier molecular flexibility index (Phi) is 4.02. The number of hydrogen-bond donors (Lipinski definition) is 0. The van der Waals surface area contributed by atoms with Crippen LogP contribution in [0, 0.1) is 12.3 Å². The molecule has 0 saturated carbocycles. The molecule has 2 aromatic carbocycles.